The van der Waals surface area contributed by atoms with Crippen LogP contribution in [0.1, 0.15) is 25.0 Å². The Balaban J connectivity index is 1.10. The van der Waals surface area contributed by atoms with Crippen molar-refractivity contribution in [2.24, 2.45) is 0 Å². The average molecular weight is 606 g/mol. The van der Waals surface area contributed by atoms with Crippen LogP contribution in [0.25, 0.3) is 22.3 Å². The van der Waals surface area contributed by atoms with Gasteiger partial charge in [-0.05, 0) is 100 Å². The van der Waals surface area contributed by atoms with Crippen molar-refractivity contribution in [1.82, 2.24) is 0 Å². The zero-order valence-corrected chi connectivity index (χ0v) is 26.2. The van der Waals surface area contributed by atoms with E-state index in [2.05, 4.69) is 146 Å². The Kier molecular flexibility index (Phi) is 5.72. The third-order valence-corrected chi connectivity index (χ3v) is 12.6. The molecular formula is C39H27NS3. The number of fused-ring (bicyclic) bond motifs is 7. The number of nitrogens with zero attached hydrogens (tertiary/aromatic N) is 1. The first-order valence-electron chi connectivity index (χ1n) is 14.6. The number of anilines is 3. The van der Waals surface area contributed by atoms with Crippen molar-refractivity contribution >= 4 is 52.3 Å². The fourth-order valence-corrected chi connectivity index (χ4v) is 10.1. The van der Waals surface area contributed by atoms with E-state index in [-0.39, 0.29) is 5.41 Å². The lowest BCUT2D eigenvalue weighted by molar-refractivity contribution is 0.657. The van der Waals surface area contributed by atoms with E-state index in [0.29, 0.717) is 0 Å². The molecule has 0 saturated carbocycles. The maximum absolute atomic E-state index is 2.46. The summed E-state index contributed by atoms with van der Waals surface area (Å²) in [5.41, 5.74) is 11.7. The summed E-state index contributed by atoms with van der Waals surface area (Å²) >= 11 is 5.66. The number of hydrogen-bond acceptors (Lipinski definition) is 4. The zero-order chi connectivity index (χ0) is 28.7. The quantitative estimate of drug-likeness (QED) is 0.193. The van der Waals surface area contributed by atoms with Crippen molar-refractivity contribution in [3.8, 4) is 22.3 Å². The minimum Gasteiger partial charge on any atom is -0.308 e. The lowest BCUT2D eigenvalue weighted by Crippen LogP contribution is -2.15. The fourth-order valence-electron chi connectivity index (χ4n) is 6.74. The molecule has 43 heavy (non-hydrogen) atoms. The van der Waals surface area contributed by atoms with Gasteiger partial charge in [-0.3, -0.25) is 0 Å². The van der Waals surface area contributed by atoms with E-state index in [1.807, 2.05) is 35.3 Å². The van der Waals surface area contributed by atoms with Crippen LogP contribution in [-0.4, -0.2) is 0 Å². The van der Waals surface area contributed by atoms with E-state index in [1.165, 1.54) is 79.8 Å². The predicted octanol–water partition coefficient (Wildman–Crippen LogP) is 12.2. The molecule has 0 N–H and O–H groups in total. The molecule has 1 aliphatic carbocycles. The Morgan fingerprint density at radius 3 is 1.60 bits per heavy atom. The molecule has 0 bridgehead atoms. The molecule has 0 radical (unpaired) electrons. The van der Waals surface area contributed by atoms with Gasteiger partial charge < -0.3 is 4.90 Å². The van der Waals surface area contributed by atoms with Crippen LogP contribution in [0.3, 0.4) is 0 Å². The van der Waals surface area contributed by atoms with Gasteiger partial charge in [-0.2, -0.15) is 0 Å². The summed E-state index contributed by atoms with van der Waals surface area (Å²) in [7, 11) is 0. The van der Waals surface area contributed by atoms with Crippen LogP contribution in [0.2, 0.25) is 0 Å². The van der Waals surface area contributed by atoms with Gasteiger partial charge in [-0.1, -0.05) is 110 Å². The molecule has 9 rings (SSSR count). The molecule has 4 heteroatoms. The Morgan fingerprint density at radius 2 is 0.953 bits per heavy atom. The molecule has 3 aliphatic rings. The lowest BCUT2D eigenvalue weighted by Gasteiger charge is -2.32. The van der Waals surface area contributed by atoms with Crippen LogP contribution in [-0.2, 0) is 5.41 Å². The highest BCUT2D eigenvalue weighted by atomic mass is 32.2. The monoisotopic (exact) mass is 605 g/mol. The second-order valence-corrected chi connectivity index (χ2v) is 15.1. The van der Waals surface area contributed by atoms with Gasteiger partial charge >= 0.3 is 0 Å². The molecule has 6 aromatic rings. The minimum absolute atomic E-state index is 0.0304. The molecule has 6 aromatic carbocycles. The summed E-state index contributed by atoms with van der Waals surface area (Å²) in [5, 5.41) is 0. The van der Waals surface area contributed by atoms with Gasteiger partial charge in [0.25, 0.3) is 0 Å². The average Bonchev–Trinajstić information content (AvgIpc) is 3.26. The molecule has 0 atom stereocenters. The molecule has 0 unspecified atom stereocenters. The molecule has 0 spiro atoms. The van der Waals surface area contributed by atoms with Gasteiger partial charge in [0, 0.05) is 40.5 Å². The predicted molar refractivity (Wildman–Crippen MR) is 183 cm³/mol. The van der Waals surface area contributed by atoms with E-state index < -0.39 is 0 Å². The molecule has 1 nitrogen and oxygen atoms in total. The highest BCUT2D eigenvalue weighted by Gasteiger charge is 2.37. The van der Waals surface area contributed by atoms with E-state index in [0.717, 1.165) is 0 Å². The number of rotatable bonds is 2. The summed E-state index contributed by atoms with van der Waals surface area (Å²) in [6, 6.07) is 47.2. The standard InChI is InChI=1S/C39H27NS3/c1-39(2)29-20-17-25(21-27(29)28-22-37-38(23-30(28)39)43-36-14-8-7-13-35(36)42-37)24-15-18-26(19-16-24)40-31-9-3-5-11-33(31)41-34-12-6-4-10-32(34)40/h3-23H,1-2H3. The van der Waals surface area contributed by atoms with Gasteiger partial charge in [0.05, 0.1) is 11.4 Å². The summed E-state index contributed by atoms with van der Waals surface area (Å²) in [5.74, 6) is 0. The van der Waals surface area contributed by atoms with Crippen LogP contribution in [0.5, 0.6) is 0 Å². The molecule has 0 amide bonds. The number of benzene rings is 6. The van der Waals surface area contributed by atoms with E-state index in [9.17, 15) is 0 Å². The summed E-state index contributed by atoms with van der Waals surface area (Å²) in [6.45, 7) is 4.75. The Hall–Kier alpha value is -3.83. The summed E-state index contributed by atoms with van der Waals surface area (Å²) in [6.07, 6.45) is 0. The molecular weight excluding hydrogens is 579 g/mol. The number of hydrogen-bond donors (Lipinski definition) is 0. The highest BCUT2D eigenvalue weighted by Crippen LogP contribution is 2.56. The first-order valence-corrected chi connectivity index (χ1v) is 17.0. The van der Waals surface area contributed by atoms with Crippen molar-refractivity contribution in [2.75, 3.05) is 4.90 Å². The highest BCUT2D eigenvalue weighted by molar-refractivity contribution is 8.05. The zero-order valence-electron chi connectivity index (χ0n) is 23.8. The van der Waals surface area contributed by atoms with Crippen molar-refractivity contribution in [3.63, 3.8) is 0 Å². The van der Waals surface area contributed by atoms with Gasteiger partial charge in [0.1, 0.15) is 0 Å². The largest absolute Gasteiger partial charge is 0.308 e. The van der Waals surface area contributed by atoms with Crippen molar-refractivity contribution in [1.29, 1.82) is 0 Å². The van der Waals surface area contributed by atoms with E-state index in [4.69, 9.17) is 0 Å². The number of para-hydroxylation sites is 2. The first-order chi connectivity index (χ1) is 21.0. The van der Waals surface area contributed by atoms with Crippen LogP contribution < -0.4 is 4.90 Å². The van der Waals surface area contributed by atoms with Crippen molar-refractivity contribution in [2.45, 2.75) is 48.6 Å². The maximum atomic E-state index is 2.46. The van der Waals surface area contributed by atoms with Crippen LogP contribution in [0.15, 0.2) is 157 Å². The van der Waals surface area contributed by atoms with E-state index >= 15 is 0 Å². The second-order valence-electron chi connectivity index (χ2n) is 11.8. The van der Waals surface area contributed by atoms with Crippen molar-refractivity contribution < 1.29 is 0 Å². The molecule has 2 aliphatic heterocycles. The van der Waals surface area contributed by atoms with Crippen LogP contribution in [0, 0.1) is 0 Å². The smallest absolute Gasteiger partial charge is 0.0601 e. The Bertz CT molecular complexity index is 2050. The Morgan fingerprint density at radius 1 is 0.442 bits per heavy atom. The normalized spacial score (nSPS) is 15.1. The third-order valence-electron chi connectivity index (χ3n) is 8.92. The first kappa shape index (κ1) is 25.6. The van der Waals surface area contributed by atoms with Gasteiger partial charge in [0.15, 0.2) is 0 Å². The van der Waals surface area contributed by atoms with Gasteiger partial charge in [-0.15, -0.1) is 0 Å². The molecule has 0 fully saturated rings. The lowest BCUT2D eigenvalue weighted by atomic mass is 9.82. The third kappa shape index (κ3) is 3.97. The second kappa shape index (κ2) is 9.59. The van der Waals surface area contributed by atoms with Gasteiger partial charge in [0.2, 0.25) is 0 Å². The maximum Gasteiger partial charge on any atom is 0.0601 e. The SMILES string of the molecule is CC1(C)c2ccc(-c3ccc(N4c5ccccc5Sc5ccccc54)cc3)cc2-c2cc3c(cc21)Sc1ccccc1S3. The van der Waals surface area contributed by atoms with Crippen molar-refractivity contribution in [3.05, 3.63) is 139 Å². The molecule has 0 saturated heterocycles. The summed E-state index contributed by atoms with van der Waals surface area (Å²) in [4.78, 5) is 10.4. The van der Waals surface area contributed by atoms with Crippen LogP contribution in [0.4, 0.5) is 17.1 Å². The molecule has 2 heterocycles. The Labute approximate surface area is 265 Å². The minimum atomic E-state index is -0.0304. The fraction of sp³-hybridized carbons (Fsp3) is 0.0769. The van der Waals surface area contributed by atoms with E-state index in [1.54, 1.807) is 0 Å². The van der Waals surface area contributed by atoms with Gasteiger partial charge in [-0.25, -0.2) is 0 Å². The topological polar surface area (TPSA) is 3.24 Å². The molecule has 0 aromatic heterocycles. The van der Waals surface area contributed by atoms with Crippen LogP contribution >= 0.6 is 35.3 Å². The molecule has 206 valence electrons. The summed E-state index contributed by atoms with van der Waals surface area (Å²) < 4.78 is 0.